The third kappa shape index (κ3) is 1.82. The Balaban J connectivity index is 2.83. The maximum atomic E-state index is 11.2. The topological polar surface area (TPSA) is 65.2 Å². The van der Waals surface area contributed by atoms with Crippen LogP contribution in [0.15, 0.2) is 24.4 Å². The van der Waals surface area contributed by atoms with Gasteiger partial charge in [0.25, 0.3) is 5.91 Å². The van der Waals surface area contributed by atoms with Gasteiger partial charge < -0.3 is 10.5 Å². The lowest BCUT2D eigenvalue weighted by molar-refractivity contribution is 0.0997. The van der Waals surface area contributed by atoms with Crippen LogP contribution in [0.25, 0.3) is 10.9 Å². The van der Waals surface area contributed by atoms with E-state index in [1.54, 1.807) is 0 Å². The number of nitrogens with zero attached hydrogens (tertiary/aromatic N) is 1. The van der Waals surface area contributed by atoms with Crippen molar-refractivity contribution >= 4 is 39.4 Å². The first-order valence-corrected chi connectivity index (χ1v) is 5.63. The lowest BCUT2D eigenvalue weighted by Crippen LogP contribution is -2.13. The monoisotopic (exact) mass is 328 g/mol. The highest BCUT2D eigenvalue weighted by atomic mass is 127. The molecule has 5 heteroatoms. The molecule has 2 N–H and O–H groups in total. The summed E-state index contributed by atoms with van der Waals surface area (Å²) in [6.45, 7) is 0. The van der Waals surface area contributed by atoms with Crippen molar-refractivity contribution in [2.45, 2.75) is 0 Å². The molecule has 2 rings (SSSR count). The van der Waals surface area contributed by atoms with E-state index >= 15 is 0 Å². The molecule has 0 unspecified atom stereocenters. The van der Waals surface area contributed by atoms with Gasteiger partial charge in [-0.3, -0.25) is 9.78 Å². The molecule has 0 saturated heterocycles. The molecule has 0 saturated carbocycles. The number of halogens is 1. The van der Waals surface area contributed by atoms with Gasteiger partial charge in [-0.05, 0) is 40.8 Å². The zero-order valence-corrected chi connectivity index (χ0v) is 10.7. The first-order valence-electron chi connectivity index (χ1n) is 4.55. The van der Waals surface area contributed by atoms with Crippen molar-refractivity contribution in [3.05, 3.63) is 33.5 Å². The lowest BCUT2D eigenvalue weighted by atomic mass is 10.1. The van der Waals surface area contributed by atoms with Crippen LogP contribution in [-0.4, -0.2) is 18.0 Å². The smallest absolute Gasteiger partial charge is 0.254 e. The standard InChI is InChI=1S/C11H9IN2O2/c1-16-10-7-4-6(12)2-3-9(7)14-5-8(10)11(13)15/h2-5H,1H3,(H2,13,15). The van der Waals surface area contributed by atoms with E-state index in [1.807, 2.05) is 18.2 Å². The van der Waals surface area contributed by atoms with Gasteiger partial charge in [-0.15, -0.1) is 0 Å². The number of primary amides is 1. The molecular formula is C11H9IN2O2. The fourth-order valence-corrected chi connectivity index (χ4v) is 2.03. The number of aromatic nitrogens is 1. The van der Waals surface area contributed by atoms with Crippen molar-refractivity contribution in [3.8, 4) is 5.75 Å². The summed E-state index contributed by atoms with van der Waals surface area (Å²) < 4.78 is 6.28. The van der Waals surface area contributed by atoms with Crippen molar-refractivity contribution in [3.63, 3.8) is 0 Å². The Labute approximate surface area is 106 Å². The number of ether oxygens (including phenoxy) is 1. The van der Waals surface area contributed by atoms with Crippen molar-refractivity contribution in [2.75, 3.05) is 7.11 Å². The summed E-state index contributed by atoms with van der Waals surface area (Å²) in [5.41, 5.74) is 6.34. The van der Waals surface area contributed by atoms with E-state index in [-0.39, 0.29) is 0 Å². The summed E-state index contributed by atoms with van der Waals surface area (Å²) in [5, 5.41) is 0.797. The molecule has 0 fully saturated rings. The molecule has 0 atom stereocenters. The fourth-order valence-electron chi connectivity index (χ4n) is 1.54. The normalized spacial score (nSPS) is 10.4. The molecule has 4 nitrogen and oxygen atoms in total. The second-order valence-corrected chi connectivity index (χ2v) is 4.48. The second kappa shape index (κ2) is 4.25. The fraction of sp³-hybridized carbons (Fsp3) is 0.0909. The summed E-state index contributed by atoms with van der Waals surface area (Å²) >= 11 is 2.19. The Morgan fingerprint density at radius 1 is 1.50 bits per heavy atom. The average Bonchev–Trinajstić information content (AvgIpc) is 2.27. The van der Waals surface area contributed by atoms with Crippen LogP contribution in [0, 0.1) is 3.57 Å². The van der Waals surface area contributed by atoms with Crippen molar-refractivity contribution in [2.24, 2.45) is 5.73 Å². The van der Waals surface area contributed by atoms with Crippen molar-refractivity contribution in [1.29, 1.82) is 0 Å². The number of rotatable bonds is 2. The van der Waals surface area contributed by atoms with E-state index in [2.05, 4.69) is 27.6 Å². The van der Waals surface area contributed by atoms with Crippen molar-refractivity contribution in [1.82, 2.24) is 4.98 Å². The predicted octanol–water partition coefficient (Wildman–Crippen LogP) is 1.95. The van der Waals surface area contributed by atoms with Gasteiger partial charge in [0.15, 0.2) is 0 Å². The molecule has 0 radical (unpaired) electrons. The SMILES string of the molecule is COc1c(C(N)=O)cnc2ccc(I)cc12. The van der Waals surface area contributed by atoms with Crippen LogP contribution in [0.1, 0.15) is 10.4 Å². The molecular weight excluding hydrogens is 319 g/mol. The van der Waals surface area contributed by atoms with Crippen LogP contribution in [0.5, 0.6) is 5.75 Å². The van der Waals surface area contributed by atoms with Crippen LogP contribution in [0.2, 0.25) is 0 Å². The van der Waals surface area contributed by atoms with Gasteiger partial charge in [-0.1, -0.05) is 0 Å². The highest BCUT2D eigenvalue weighted by Crippen LogP contribution is 2.28. The maximum Gasteiger partial charge on any atom is 0.254 e. The number of fused-ring (bicyclic) bond motifs is 1. The molecule has 2 aromatic rings. The lowest BCUT2D eigenvalue weighted by Gasteiger charge is -2.08. The van der Waals surface area contributed by atoms with Gasteiger partial charge in [-0.2, -0.15) is 0 Å². The van der Waals surface area contributed by atoms with Crippen LogP contribution in [0.3, 0.4) is 0 Å². The summed E-state index contributed by atoms with van der Waals surface area (Å²) in [6, 6.07) is 5.73. The quantitative estimate of drug-likeness (QED) is 0.857. The molecule has 16 heavy (non-hydrogen) atoms. The number of carbonyl (C=O) groups is 1. The Morgan fingerprint density at radius 3 is 2.88 bits per heavy atom. The Kier molecular flexibility index (Phi) is 2.95. The Morgan fingerprint density at radius 2 is 2.25 bits per heavy atom. The zero-order chi connectivity index (χ0) is 11.7. The van der Waals surface area contributed by atoms with Crippen LogP contribution >= 0.6 is 22.6 Å². The van der Waals surface area contributed by atoms with Crippen molar-refractivity contribution < 1.29 is 9.53 Å². The minimum Gasteiger partial charge on any atom is -0.495 e. The van der Waals surface area contributed by atoms with E-state index in [4.69, 9.17) is 10.5 Å². The summed E-state index contributed by atoms with van der Waals surface area (Å²) in [7, 11) is 1.51. The minimum atomic E-state index is -0.537. The van der Waals surface area contributed by atoms with Gasteiger partial charge in [0.05, 0.1) is 12.6 Å². The number of amides is 1. The number of benzene rings is 1. The molecule has 0 aliphatic carbocycles. The van der Waals surface area contributed by atoms with Gasteiger partial charge >= 0.3 is 0 Å². The third-order valence-corrected chi connectivity index (χ3v) is 2.92. The first-order chi connectivity index (χ1) is 7.63. The number of pyridine rings is 1. The molecule has 0 aliphatic heterocycles. The van der Waals surface area contributed by atoms with Gasteiger partial charge in [0.2, 0.25) is 0 Å². The Hall–Kier alpha value is -1.37. The zero-order valence-electron chi connectivity index (χ0n) is 8.53. The van der Waals surface area contributed by atoms with E-state index in [0.717, 1.165) is 14.5 Å². The van der Waals surface area contributed by atoms with Gasteiger partial charge in [-0.25, -0.2) is 0 Å². The average molecular weight is 328 g/mol. The van der Waals surface area contributed by atoms with E-state index < -0.39 is 5.91 Å². The van der Waals surface area contributed by atoms with Crippen LogP contribution < -0.4 is 10.5 Å². The predicted molar refractivity (Wildman–Crippen MR) is 69.5 cm³/mol. The second-order valence-electron chi connectivity index (χ2n) is 3.23. The number of nitrogens with two attached hydrogens (primary N) is 1. The highest BCUT2D eigenvalue weighted by Gasteiger charge is 2.13. The van der Waals surface area contributed by atoms with E-state index in [0.29, 0.717) is 11.3 Å². The molecule has 1 amide bonds. The maximum absolute atomic E-state index is 11.2. The number of methoxy groups -OCH3 is 1. The van der Waals surface area contributed by atoms with Crippen LogP contribution in [-0.2, 0) is 0 Å². The minimum absolute atomic E-state index is 0.303. The first kappa shape index (κ1) is 11.1. The molecule has 0 bridgehead atoms. The summed E-state index contributed by atoms with van der Waals surface area (Å²) in [4.78, 5) is 15.4. The number of carbonyl (C=O) groups excluding carboxylic acids is 1. The molecule has 1 aromatic heterocycles. The number of hydrogen-bond donors (Lipinski definition) is 1. The van der Waals surface area contributed by atoms with E-state index in [9.17, 15) is 4.79 Å². The highest BCUT2D eigenvalue weighted by molar-refractivity contribution is 14.1. The largest absolute Gasteiger partial charge is 0.495 e. The summed E-state index contributed by atoms with van der Waals surface area (Å²) in [6.07, 6.45) is 1.44. The summed E-state index contributed by atoms with van der Waals surface area (Å²) in [5.74, 6) is -0.0545. The molecule has 82 valence electrons. The van der Waals surface area contributed by atoms with Gasteiger partial charge in [0, 0.05) is 15.2 Å². The number of hydrogen-bond acceptors (Lipinski definition) is 3. The van der Waals surface area contributed by atoms with E-state index in [1.165, 1.54) is 13.3 Å². The molecule has 0 aliphatic rings. The Bertz CT molecular complexity index is 569. The molecule has 1 heterocycles. The molecule has 1 aromatic carbocycles. The molecule has 0 spiro atoms. The van der Waals surface area contributed by atoms with Crippen LogP contribution in [0.4, 0.5) is 0 Å². The van der Waals surface area contributed by atoms with Gasteiger partial charge in [0.1, 0.15) is 11.3 Å². The third-order valence-electron chi connectivity index (χ3n) is 2.25.